The van der Waals surface area contributed by atoms with Crippen molar-refractivity contribution >= 4 is 11.8 Å². The highest BCUT2D eigenvalue weighted by Gasteiger charge is 2.17. The van der Waals surface area contributed by atoms with Gasteiger partial charge in [-0.25, -0.2) is 10.7 Å². The molecule has 0 aliphatic rings. The average molecular weight is 268 g/mol. The first kappa shape index (κ1) is 15.3. The second-order valence-corrected chi connectivity index (χ2v) is 4.97. The number of hydrogen-bond acceptors (Lipinski definition) is 5. The minimum atomic E-state index is -0.551. The number of benzene rings is 1. The molecule has 3 N–H and O–H groups in total. The number of carbonyl (C=O) groups is 1. The summed E-state index contributed by atoms with van der Waals surface area (Å²) in [5, 5.41) is 2.63. The smallest absolute Gasteiger partial charge is 0.412 e. The van der Waals surface area contributed by atoms with Crippen LogP contribution in [0, 0.1) is 0 Å². The monoisotopic (exact) mass is 268 g/mol. The lowest BCUT2D eigenvalue weighted by atomic mass is 10.2. The van der Waals surface area contributed by atoms with Gasteiger partial charge < -0.3 is 9.47 Å². The fraction of sp³-hybridized carbons (Fsp3) is 0.462. The second kappa shape index (κ2) is 6.40. The number of ether oxygens (including phenoxy) is 2. The van der Waals surface area contributed by atoms with E-state index in [1.54, 1.807) is 39.0 Å². The highest BCUT2D eigenvalue weighted by molar-refractivity contribution is 5.87. The van der Waals surface area contributed by atoms with Crippen molar-refractivity contribution in [1.82, 2.24) is 0 Å². The van der Waals surface area contributed by atoms with E-state index in [4.69, 9.17) is 15.4 Å². The number of anilines is 1. The third-order valence-corrected chi connectivity index (χ3v) is 2.15. The molecule has 0 heterocycles. The molecule has 1 amide bonds. The van der Waals surface area contributed by atoms with Gasteiger partial charge in [-0.3, -0.25) is 10.2 Å². The molecule has 0 aliphatic carbocycles. The fourth-order valence-electron chi connectivity index (χ4n) is 1.44. The fourth-order valence-corrected chi connectivity index (χ4v) is 1.44. The summed E-state index contributed by atoms with van der Waals surface area (Å²) in [6.45, 7) is 5.66. The van der Waals surface area contributed by atoms with Gasteiger partial charge in [0, 0.05) is 0 Å². The molecular weight excluding hydrogens is 248 g/mol. The van der Waals surface area contributed by atoms with Gasteiger partial charge in [-0.15, -0.1) is 0 Å². The van der Waals surface area contributed by atoms with Crippen molar-refractivity contribution in [3.8, 4) is 5.75 Å². The summed E-state index contributed by atoms with van der Waals surface area (Å²) in [7, 11) is 1.52. The van der Waals surface area contributed by atoms with Crippen LogP contribution in [0.1, 0.15) is 26.3 Å². The molecule has 0 unspecified atom stereocenters. The molecule has 0 atom stereocenters. The molecule has 0 aromatic heterocycles. The second-order valence-electron chi connectivity index (χ2n) is 4.97. The first-order valence-corrected chi connectivity index (χ1v) is 5.84. The zero-order valence-corrected chi connectivity index (χ0v) is 11.6. The zero-order chi connectivity index (χ0) is 14.5. The molecule has 0 spiro atoms. The summed E-state index contributed by atoms with van der Waals surface area (Å²) in [6.07, 6.45) is -0.534. The lowest BCUT2D eigenvalue weighted by molar-refractivity contribution is 0.0635. The third kappa shape index (κ3) is 5.15. The van der Waals surface area contributed by atoms with E-state index in [1.807, 2.05) is 0 Å². The number of rotatable bonds is 4. The van der Waals surface area contributed by atoms with Gasteiger partial charge in [0.05, 0.1) is 19.4 Å². The average Bonchev–Trinajstić information content (AvgIpc) is 2.29. The topological polar surface area (TPSA) is 82.8 Å². The Hall–Kier alpha value is -1.79. The highest BCUT2D eigenvalue weighted by atomic mass is 16.6. The zero-order valence-electron chi connectivity index (χ0n) is 11.6. The molecule has 19 heavy (non-hydrogen) atoms. The number of nitrogens with one attached hydrogen (secondary N) is 1. The van der Waals surface area contributed by atoms with Crippen molar-refractivity contribution in [3.05, 3.63) is 23.8 Å². The van der Waals surface area contributed by atoms with E-state index in [-0.39, 0.29) is 6.61 Å². The van der Waals surface area contributed by atoms with Crippen LogP contribution in [0.2, 0.25) is 0 Å². The van der Waals surface area contributed by atoms with E-state index in [0.717, 1.165) is 5.56 Å². The number of nitrogens with two attached hydrogens (primary N) is 1. The molecule has 0 fully saturated rings. The minimum Gasteiger partial charge on any atom is -0.495 e. The molecule has 0 saturated heterocycles. The Morgan fingerprint density at radius 1 is 1.37 bits per heavy atom. The number of hydrogen-bond donors (Lipinski definition) is 2. The Bertz CT molecular complexity index is 441. The molecule has 1 rings (SSSR count). The minimum absolute atomic E-state index is 0.267. The van der Waals surface area contributed by atoms with Crippen molar-refractivity contribution in [2.24, 2.45) is 5.90 Å². The van der Waals surface area contributed by atoms with Gasteiger partial charge in [-0.2, -0.15) is 0 Å². The van der Waals surface area contributed by atoms with E-state index in [2.05, 4.69) is 10.2 Å². The van der Waals surface area contributed by atoms with Crippen LogP contribution in [0.25, 0.3) is 0 Å². The normalized spacial score (nSPS) is 11.0. The molecule has 6 heteroatoms. The van der Waals surface area contributed by atoms with Crippen LogP contribution >= 0.6 is 0 Å². The third-order valence-electron chi connectivity index (χ3n) is 2.15. The van der Waals surface area contributed by atoms with Gasteiger partial charge in [0.15, 0.2) is 0 Å². The van der Waals surface area contributed by atoms with Gasteiger partial charge >= 0.3 is 6.09 Å². The molecule has 1 aromatic rings. The Labute approximate surface area is 112 Å². The molecule has 0 radical (unpaired) electrons. The molecule has 1 aromatic carbocycles. The van der Waals surface area contributed by atoms with E-state index in [9.17, 15) is 4.79 Å². The molecule has 6 nitrogen and oxygen atoms in total. The predicted molar refractivity (Wildman–Crippen MR) is 71.8 cm³/mol. The van der Waals surface area contributed by atoms with Gasteiger partial charge in [-0.1, -0.05) is 6.07 Å². The van der Waals surface area contributed by atoms with Crippen LogP contribution < -0.4 is 16.0 Å². The van der Waals surface area contributed by atoms with Crippen LogP contribution in [0.5, 0.6) is 5.75 Å². The van der Waals surface area contributed by atoms with Gasteiger partial charge in [0.2, 0.25) is 0 Å². The van der Waals surface area contributed by atoms with Crippen molar-refractivity contribution < 1.29 is 19.1 Å². The summed E-state index contributed by atoms with van der Waals surface area (Å²) in [4.78, 5) is 16.2. The standard InChI is InChI=1S/C13H20N2O4/c1-13(2,3)19-12(16)15-10-6-5-9(8-18-14)7-11(10)17-4/h5-7H,8,14H2,1-4H3,(H,15,16). The number of methoxy groups -OCH3 is 1. The van der Waals surface area contributed by atoms with E-state index in [1.165, 1.54) is 7.11 Å². The number of amides is 1. The van der Waals surface area contributed by atoms with E-state index < -0.39 is 11.7 Å². The molecule has 0 saturated carbocycles. The SMILES string of the molecule is COc1cc(CON)ccc1NC(=O)OC(C)(C)C. The Morgan fingerprint density at radius 2 is 2.05 bits per heavy atom. The summed E-state index contributed by atoms with van der Waals surface area (Å²) in [6, 6.07) is 5.22. The van der Waals surface area contributed by atoms with Crippen LogP contribution in [0.3, 0.4) is 0 Å². The largest absolute Gasteiger partial charge is 0.495 e. The highest BCUT2D eigenvalue weighted by Crippen LogP contribution is 2.26. The van der Waals surface area contributed by atoms with E-state index in [0.29, 0.717) is 11.4 Å². The Kier molecular flexibility index (Phi) is 5.14. The maximum absolute atomic E-state index is 11.7. The van der Waals surface area contributed by atoms with Crippen molar-refractivity contribution in [1.29, 1.82) is 0 Å². The Morgan fingerprint density at radius 3 is 2.58 bits per heavy atom. The van der Waals surface area contributed by atoms with Crippen LogP contribution in [-0.4, -0.2) is 18.8 Å². The maximum Gasteiger partial charge on any atom is 0.412 e. The molecule has 106 valence electrons. The first-order valence-electron chi connectivity index (χ1n) is 5.84. The summed E-state index contributed by atoms with van der Waals surface area (Å²) in [5.41, 5.74) is 0.816. The molecule has 0 aliphatic heterocycles. The van der Waals surface area contributed by atoms with Crippen molar-refractivity contribution in [3.63, 3.8) is 0 Å². The molecular formula is C13H20N2O4. The lowest BCUT2D eigenvalue weighted by Gasteiger charge is -2.20. The number of carbonyl (C=O) groups excluding carboxylic acids is 1. The summed E-state index contributed by atoms with van der Waals surface area (Å²) in [5.74, 6) is 5.52. The van der Waals surface area contributed by atoms with Gasteiger partial charge in [0.25, 0.3) is 0 Å². The maximum atomic E-state index is 11.7. The van der Waals surface area contributed by atoms with Crippen molar-refractivity contribution in [2.45, 2.75) is 33.0 Å². The van der Waals surface area contributed by atoms with Crippen molar-refractivity contribution in [2.75, 3.05) is 12.4 Å². The van der Waals surface area contributed by atoms with Gasteiger partial charge in [0.1, 0.15) is 11.4 Å². The summed E-state index contributed by atoms with van der Waals surface area (Å²) < 4.78 is 10.4. The van der Waals surface area contributed by atoms with Gasteiger partial charge in [-0.05, 0) is 38.5 Å². The Balaban J connectivity index is 2.80. The van der Waals surface area contributed by atoms with E-state index >= 15 is 0 Å². The quantitative estimate of drug-likeness (QED) is 0.819. The van der Waals surface area contributed by atoms with Crippen LogP contribution in [0.4, 0.5) is 10.5 Å². The van der Waals surface area contributed by atoms with Crippen LogP contribution in [-0.2, 0) is 16.2 Å². The first-order chi connectivity index (χ1) is 8.85. The lowest BCUT2D eigenvalue weighted by Crippen LogP contribution is -2.27. The molecule has 0 bridgehead atoms. The van der Waals surface area contributed by atoms with Crippen LogP contribution in [0.15, 0.2) is 18.2 Å². The predicted octanol–water partition coefficient (Wildman–Crippen LogP) is 2.43. The summed E-state index contributed by atoms with van der Waals surface area (Å²) >= 11 is 0.